The smallest absolute Gasteiger partial charge is 0.290 e. The van der Waals surface area contributed by atoms with Crippen molar-refractivity contribution in [3.63, 3.8) is 0 Å². The summed E-state index contributed by atoms with van der Waals surface area (Å²) in [6.07, 6.45) is 3.12. The monoisotopic (exact) mass is 434 g/mol. The Hall–Kier alpha value is -4.14. The van der Waals surface area contributed by atoms with Crippen LogP contribution in [0.1, 0.15) is 28.7 Å². The van der Waals surface area contributed by atoms with Crippen LogP contribution < -0.4 is 10.6 Å². The lowest BCUT2D eigenvalue weighted by Crippen LogP contribution is -2.29. The lowest BCUT2D eigenvalue weighted by atomic mass is 10.2. The van der Waals surface area contributed by atoms with E-state index < -0.39 is 0 Å². The molecule has 0 fully saturated rings. The molecule has 164 valence electrons. The molecule has 0 radical (unpaired) electrons. The van der Waals surface area contributed by atoms with Crippen molar-refractivity contribution in [2.45, 2.75) is 20.4 Å². The number of carbonyl (C=O) groups is 2. The van der Waals surface area contributed by atoms with Gasteiger partial charge >= 0.3 is 0 Å². The second kappa shape index (κ2) is 9.34. The number of oxazole rings is 1. The van der Waals surface area contributed by atoms with Gasteiger partial charge in [0.1, 0.15) is 30.4 Å². The van der Waals surface area contributed by atoms with Gasteiger partial charge in [0.05, 0.1) is 12.1 Å². The first kappa shape index (κ1) is 21.1. The van der Waals surface area contributed by atoms with Crippen molar-refractivity contribution in [2.24, 2.45) is 0 Å². The van der Waals surface area contributed by atoms with Crippen LogP contribution in [0.2, 0.25) is 0 Å². The van der Waals surface area contributed by atoms with Crippen molar-refractivity contribution in [3.05, 3.63) is 77.3 Å². The number of amides is 2. The van der Waals surface area contributed by atoms with Crippen molar-refractivity contribution < 1.29 is 23.5 Å². The second-order valence-electron chi connectivity index (χ2n) is 7.06. The molecule has 9 nitrogen and oxygen atoms in total. The summed E-state index contributed by atoms with van der Waals surface area (Å²) in [5.74, 6) is 1.06. The molecule has 4 rings (SSSR count). The molecule has 3 aromatic rings. The molecule has 0 atom stereocenters. The molecule has 0 unspecified atom stereocenters. The van der Waals surface area contributed by atoms with E-state index >= 15 is 0 Å². The lowest BCUT2D eigenvalue weighted by Gasteiger charge is -2.19. The standard InChI is InChI=1S/C23H22N4O5/c1-14-19(13-25-22(29)20-15(2)30-10-11-31-20)27-23(32-14)16-5-7-18(8-6-16)26-21(28)17-4-3-9-24-12-17/h3-9,12H,10-11,13H2,1-2H3,(H,25,29)(H,26,28). The first-order valence-electron chi connectivity index (χ1n) is 10.0. The van der Waals surface area contributed by atoms with E-state index in [0.29, 0.717) is 47.6 Å². The zero-order valence-electron chi connectivity index (χ0n) is 17.7. The summed E-state index contributed by atoms with van der Waals surface area (Å²) in [4.78, 5) is 33.0. The van der Waals surface area contributed by atoms with Crippen molar-refractivity contribution >= 4 is 17.5 Å². The summed E-state index contributed by atoms with van der Waals surface area (Å²) >= 11 is 0. The fourth-order valence-electron chi connectivity index (χ4n) is 3.09. The molecule has 2 amide bonds. The van der Waals surface area contributed by atoms with Crippen LogP contribution in [-0.4, -0.2) is 35.0 Å². The Morgan fingerprint density at radius 2 is 1.81 bits per heavy atom. The zero-order chi connectivity index (χ0) is 22.5. The van der Waals surface area contributed by atoms with Gasteiger partial charge in [0.2, 0.25) is 11.6 Å². The quantitative estimate of drug-likeness (QED) is 0.612. The third kappa shape index (κ3) is 4.77. The maximum absolute atomic E-state index is 12.3. The van der Waals surface area contributed by atoms with Crippen LogP contribution >= 0.6 is 0 Å². The maximum atomic E-state index is 12.3. The average Bonchev–Trinajstić information content (AvgIpc) is 3.19. The van der Waals surface area contributed by atoms with E-state index in [1.165, 1.54) is 6.20 Å². The molecule has 2 N–H and O–H groups in total. The number of anilines is 1. The van der Waals surface area contributed by atoms with E-state index in [9.17, 15) is 9.59 Å². The van der Waals surface area contributed by atoms with Crippen molar-refractivity contribution in [2.75, 3.05) is 18.5 Å². The van der Waals surface area contributed by atoms with E-state index in [1.807, 2.05) is 0 Å². The predicted octanol–water partition coefficient (Wildman–Crippen LogP) is 3.19. The molecule has 32 heavy (non-hydrogen) atoms. The highest BCUT2D eigenvalue weighted by Crippen LogP contribution is 2.24. The molecule has 1 aliphatic rings. The predicted molar refractivity (Wildman–Crippen MR) is 115 cm³/mol. The van der Waals surface area contributed by atoms with Crippen molar-refractivity contribution in [1.82, 2.24) is 15.3 Å². The molecule has 0 spiro atoms. The second-order valence-corrected chi connectivity index (χ2v) is 7.06. The number of allylic oxidation sites excluding steroid dienone is 1. The Bertz CT molecular complexity index is 1150. The Morgan fingerprint density at radius 1 is 1.03 bits per heavy atom. The van der Waals surface area contributed by atoms with Crippen molar-refractivity contribution in [3.8, 4) is 11.5 Å². The highest BCUT2D eigenvalue weighted by Gasteiger charge is 2.20. The number of benzene rings is 1. The molecule has 0 bridgehead atoms. The molecule has 9 heteroatoms. The molecule has 0 aliphatic carbocycles. The minimum atomic E-state index is -0.361. The first-order chi connectivity index (χ1) is 15.5. The van der Waals surface area contributed by atoms with Crippen LogP contribution in [0.5, 0.6) is 0 Å². The van der Waals surface area contributed by atoms with Crippen LogP contribution in [0.15, 0.2) is 64.7 Å². The van der Waals surface area contributed by atoms with E-state index in [4.69, 9.17) is 13.9 Å². The summed E-state index contributed by atoms with van der Waals surface area (Å²) < 4.78 is 16.5. The van der Waals surface area contributed by atoms with Gasteiger partial charge in [-0.2, -0.15) is 0 Å². The van der Waals surface area contributed by atoms with E-state index in [0.717, 1.165) is 5.56 Å². The summed E-state index contributed by atoms with van der Waals surface area (Å²) in [6, 6.07) is 10.5. The number of carbonyl (C=O) groups excluding carboxylic acids is 2. The van der Waals surface area contributed by atoms with Gasteiger partial charge < -0.3 is 24.5 Å². The number of aryl methyl sites for hydroxylation is 1. The van der Waals surface area contributed by atoms with Gasteiger partial charge in [0.15, 0.2) is 0 Å². The fraction of sp³-hybridized carbons (Fsp3) is 0.217. The third-order valence-corrected chi connectivity index (χ3v) is 4.80. The Kier molecular flexibility index (Phi) is 6.16. The minimum Gasteiger partial charge on any atom is -0.491 e. The fourth-order valence-corrected chi connectivity index (χ4v) is 3.09. The molecule has 1 aliphatic heterocycles. The number of nitrogens with one attached hydrogen (secondary N) is 2. The number of aromatic nitrogens is 2. The van der Waals surface area contributed by atoms with Gasteiger partial charge in [-0.3, -0.25) is 14.6 Å². The van der Waals surface area contributed by atoms with E-state index in [1.54, 1.807) is 56.4 Å². The van der Waals surface area contributed by atoms with Gasteiger partial charge in [-0.15, -0.1) is 0 Å². The molecule has 3 heterocycles. The third-order valence-electron chi connectivity index (χ3n) is 4.80. The number of ether oxygens (including phenoxy) is 2. The van der Waals surface area contributed by atoms with Crippen molar-refractivity contribution in [1.29, 1.82) is 0 Å². The zero-order valence-corrected chi connectivity index (χ0v) is 17.7. The largest absolute Gasteiger partial charge is 0.491 e. The highest BCUT2D eigenvalue weighted by atomic mass is 16.6. The average molecular weight is 434 g/mol. The van der Waals surface area contributed by atoms with E-state index in [-0.39, 0.29) is 24.1 Å². The van der Waals surface area contributed by atoms with Gasteiger partial charge in [0.25, 0.3) is 11.8 Å². The lowest BCUT2D eigenvalue weighted by molar-refractivity contribution is -0.122. The van der Waals surface area contributed by atoms with Crippen LogP contribution in [0, 0.1) is 6.92 Å². The normalized spacial score (nSPS) is 13.2. The number of rotatable bonds is 6. The summed E-state index contributed by atoms with van der Waals surface area (Å²) in [6.45, 7) is 4.43. The van der Waals surface area contributed by atoms with Crippen LogP contribution in [0.25, 0.3) is 11.5 Å². The Labute approximate surface area is 184 Å². The molecule has 2 aromatic heterocycles. The Morgan fingerprint density at radius 3 is 2.53 bits per heavy atom. The van der Waals surface area contributed by atoms with Gasteiger partial charge in [-0.25, -0.2) is 4.98 Å². The molecule has 1 aromatic carbocycles. The van der Waals surface area contributed by atoms with Crippen LogP contribution in [0.3, 0.4) is 0 Å². The molecule has 0 saturated heterocycles. The summed E-state index contributed by atoms with van der Waals surface area (Å²) in [5.41, 5.74) is 2.46. The summed E-state index contributed by atoms with van der Waals surface area (Å²) in [5, 5.41) is 5.59. The minimum absolute atomic E-state index is 0.182. The number of pyridine rings is 1. The Balaban J connectivity index is 1.40. The molecular formula is C23H22N4O5. The van der Waals surface area contributed by atoms with Gasteiger partial charge in [0, 0.05) is 23.6 Å². The van der Waals surface area contributed by atoms with Crippen LogP contribution in [-0.2, 0) is 20.8 Å². The topological polar surface area (TPSA) is 116 Å². The number of hydrogen-bond acceptors (Lipinski definition) is 7. The maximum Gasteiger partial charge on any atom is 0.290 e. The molecule has 0 saturated carbocycles. The number of nitrogens with zero attached hydrogens (tertiary/aromatic N) is 2. The van der Waals surface area contributed by atoms with Gasteiger partial charge in [-0.1, -0.05) is 0 Å². The SMILES string of the molecule is CC1=C(C(=O)NCc2nc(-c3ccc(NC(=O)c4cccnc4)cc3)oc2C)OCCO1. The highest BCUT2D eigenvalue weighted by molar-refractivity contribution is 6.04. The van der Waals surface area contributed by atoms with Crippen LogP contribution in [0.4, 0.5) is 5.69 Å². The van der Waals surface area contributed by atoms with Gasteiger partial charge in [-0.05, 0) is 50.2 Å². The van der Waals surface area contributed by atoms with E-state index in [2.05, 4.69) is 20.6 Å². The summed E-state index contributed by atoms with van der Waals surface area (Å²) in [7, 11) is 0. The molecular weight excluding hydrogens is 412 g/mol. The number of hydrogen-bond donors (Lipinski definition) is 2. The first-order valence-corrected chi connectivity index (χ1v) is 10.0.